The van der Waals surface area contributed by atoms with Crippen molar-refractivity contribution >= 4 is 5.97 Å². The van der Waals surface area contributed by atoms with E-state index in [1.54, 1.807) is 0 Å². The molecule has 1 aliphatic carbocycles. The standard InChI is InChI=1S/C12H23NO3/c1-13(9-11(14)8-12(15)16)10-6-4-2-3-5-7-10/h10-11,14H,2-9H2,1H3,(H,15,16). The van der Waals surface area contributed by atoms with Crippen LogP contribution in [0, 0.1) is 0 Å². The number of hydrogen-bond acceptors (Lipinski definition) is 3. The first-order valence-electron chi connectivity index (χ1n) is 6.19. The minimum absolute atomic E-state index is 0.156. The number of rotatable bonds is 5. The average molecular weight is 229 g/mol. The fourth-order valence-electron chi connectivity index (χ4n) is 2.45. The predicted molar refractivity (Wildman–Crippen MR) is 62.4 cm³/mol. The molecule has 0 aliphatic heterocycles. The summed E-state index contributed by atoms with van der Waals surface area (Å²) in [6.07, 6.45) is 6.58. The normalized spacial score (nSPS) is 20.7. The van der Waals surface area contributed by atoms with E-state index in [9.17, 15) is 9.90 Å². The van der Waals surface area contributed by atoms with E-state index in [0.29, 0.717) is 12.6 Å². The van der Waals surface area contributed by atoms with Gasteiger partial charge in [-0.2, -0.15) is 0 Å². The highest BCUT2D eigenvalue weighted by molar-refractivity contribution is 5.67. The van der Waals surface area contributed by atoms with Crippen LogP contribution in [0.3, 0.4) is 0 Å². The molecule has 0 saturated heterocycles. The smallest absolute Gasteiger partial charge is 0.306 e. The number of aliphatic hydroxyl groups is 1. The third-order valence-corrected chi connectivity index (χ3v) is 3.36. The van der Waals surface area contributed by atoms with Gasteiger partial charge in [-0.1, -0.05) is 25.7 Å². The molecule has 0 bridgehead atoms. The van der Waals surface area contributed by atoms with Gasteiger partial charge in [-0.15, -0.1) is 0 Å². The molecule has 1 rings (SSSR count). The molecule has 94 valence electrons. The Morgan fingerprint density at radius 3 is 2.38 bits per heavy atom. The number of aliphatic hydroxyl groups excluding tert-OH is 1. The molecule has 0 aromatic heterocycles. The van der Waals surface area contributed by atoms with Crippen LogP contribution in [0.15, 0.2) is 0 Å². The quantitative estimate of drug-likeness (QED) is 0.701. The Kier molecular flexibility index (Phi) is 5.77. The van der Waals surface area contributed by atoms with E-state index in [0.717, 1.165) is 0 Å². The summed E-state index contributed by atoms with van der Waals surface area (Å²) in [4.78, 5) is 12.6. The second kappa shape index (κ2) is 6.86. The van der Waals surface area contributed by atoms with E-state index < -0.39 is 12.1 Å². The molecule has 1 saturated carbocycles. The Hall–Kier alpha value is -0.610. The highest BCUT2D eigenvalue weighted by Gasteiger charge is 2.20. The summed E-state index contributed by atoms with van der Waals surface area (Å²) in [7, 11) is 1.99. The topological polar surface area (TPSA) is 60.8 Å². The van der Waals surface area contributed by atoms with Crippen LogP contribution >= 0.6 is 0 Å². The third-order valence-electron chi connectivity index (χ3n) is 3.36. The lowest BCUT2D eigenvalue weighted by Crippen LogP contribution is -2.38. The van der Waals surface area contributed by atoms with Crippen LogP contribution in [-0.2, 0) is 4.79 Å². The number of hydrogen-bond donors (Lipinski definition) is 2. The molecule has 0 aromatic rings. The number of nitrogens with zero attached hydrogens (tertiary/aromatic N) is 1. The number of carboxylic acids is 1. The zero-order valence-electron chi connectivity index (χ0n) is 10.1. The lowest BCUT2D eigenvalue weighted by atomic mass is 10.1. The largest absolute Gasteiger partial charge is 0.481 e. The molecule has 0 spiro atoms. The van der Waals surface area contributed by atoms with Crippen LogP contribution in [-0.4, -0.2) is 46.8 Å². The summed E-state index contributed by atoms with van der Waals surface area (Å²) in [5.74, 6) is -0.929. The van der Waals surface area contributed by atoms with E-state index >= 15 is 0 Å². The maximum absolute atomic E-state index is 10.4. The molecule has 1 fully saturated rings. The van der Waals surface area contributed by atoms with E-state index in [-0.39, 0.29) is 6.42 Å². The fourth-order valence-corrected chi connectivity index (χ4v) is 2.45. The van der Waals surface area contributed by atoms with Gasteiger partial charge in [-0.3, -0.25) is 4.79 Å². The maximum Gasteiger partial charge on any atom is 0.306 e. The van der Waals surface area contributed by atoms with Crippen LogP contribution < -0.4 is 0 Å². The monoisotopic (exact) mass is 229 g/mol. The molecule has 0 heterocycles. The number of carbonyl (C=O) groups is 1. The number of carboxylic acid groups (broad SMARTS) is 1. The van der Waals surface area contributed by atoms with Gasteiger partial charge in [0.1, 0.15) is 0 Å². The van der Waals surface area contributed by atoms with Crippen molar-refractivity contribution < 1.29 is 15.0 Å². The van der Waals surface area contributed by atoms with Crippen LogP contribution in [0.2, 0.25) is 0 Å². The number of likely N-dealkylation sites (N-methyl/N-ethyl adjacent to an activating group) is 1. The molecule has 4 nitrogen and oxygen atoms in total. The molecular formula is C12H23NO3. The van der Waals surface area contributed by atoms with Gasteiger partial charge in [-0.25, -0.2) is 0 Å². The molecule has 1 aliphatic rings. The van der Waals surface area contributed by atoms with Gasteiger partial charge in [0.15, 0.2) is 0 Å². The molecule has 0 amide bonds. The van der Waals surface area contributed by atoms with Crippen molar-refractivity contribution in [3.05, 3.63) is 0 Å². The molecule has 1 unspecified atom stereocenters. The lowest BCUT2D eigenvalue weighted by molar-refractivity contribution is -0.139. The van der Waals surface area contributed by atoms with Gasteiger partial charge < -0.3 is 15.1 Å². The van der Waals surface area contributed by atoms with Crippen molar-refractivity contribution in [3.8, 4) is 0 Å². The minimum atomic E-state index is -0.929. The van der Waals surface area contributed by atoms with Gasteiger partial charge in [0.25, 0.3) is 0 Å². The van der Waals surface area contributed by atoms with Crippen LogP contribution in [0.5, 0.6) is 0 Å². The molecule has 1 atom stereocenters. The average Bonchev–Trinajstić information content (AvgIpc) is 2.43. The fraction of sp³-hybridized carbons (Fsp3) is 0.917. The Balaban J connectivity index is 2.31. The molecule has 16 heavy (non-hydrogen) atoms. The summed E-state index contributed by atoms with van der Waals surface area (Å²) in [6, 6.07) is 0.519. The summed E-state index contributed by atoms with van der Waals surface area (Å²) < 4.78 is 0. The first kappa shape index (κ1) is 13.5. The SMILES string of the molecule is CN(CC(O)CC(=O)O)C1CCCCCC1. The van der Waals surface area contributed by atoms with Gasteiger partial charge in [0, 0.05) is 12.6 Å². The zero-order valence-corrected chi connectivity index (χ0v) is 10.1. The first-order chi connectivity index (χ1) is 7.59. The summed E-state index contributed by atoms with van der Waals surface area (Å²) >= 11 is 0. The van der Waals surface area contributed by atoms with E-state index in [1.807, 2.05) is 7.05 Å². The molecular weight excluding hydrogens is 206 g/mol. The molecule has 4 heteroatoms. The van der Waals surface area contributed by atoms with Crippen molar-refractivity contribution in [1.82, 2.24) is 4.90 Å². The summed E-state index contributed by atoms with van der Waals surface area (Å²) in [5.41, 5.74) is 0. The Labute approximate surface area is 97.3 Å². The summed E-state index contributed by atoms with van der Waals surface area (Å²) in [5, 5.41) is 18.1. The minimum Gasteiger partial charge on any atom is -0.481 e. The van der Waals surface area contributed by atoms with Crippen LogP contribution in [0.4, 0.5) is 0 Å². The molecule has 2 N–H and O–H groups in total. The second-order valence-corrected chi connectivity index (χ2v) is 4.84. The van der Waals surface area contributed by atoms with E-state index in [4.69, 9.17) is 5.11 Å². The van der Waals surface area contributed by atoms with Gasteiger partial charge in [-0.05, 0) is 19.9 Å². The molecule has 0 radical (unpaired) electrons. The van der Waals surface area contributed by atoms with Gasteiger partial charge >= 0.3 is 5.97 Å². The van der Waals surface area contributed by atoms with Crippen molar-refractivity contribution in [1.29, 1.82) is 0 Å². The van der Waals surface area contributed by atoms with Crippen molar-refractivity contribution in [2.75, 3.05) is 13.6 Å². The third kappa shape index (κ3) is 4.94. The first-order valence-corrected chi connectivity index (χ1v) is 6.19. The Bertz CT molecular complexity index is 212. The summed E-state index contributed by atoms with van der Waals surface area (Å²) in [6.45, 7) is 0.469. The zero-order chi connectivity index (χ0) is 12.0. The predicted octanol–water partition coefficient (Wildman–Crippen LogP) is 1.48. The second-order valence-electron chi connectivity index (χ2n) is 4.84. The highest BCUT2D eigenvalue weighted by Crippen LogP contribution is 2.21. The van der Waals surface area contributed by atoms with E-state index in [1.165, 1.54) is 38.5 Å². The maximum atomic E-state index is 10.4. The van der Waals surface area contributed by atoms with Crippen LogP contribution in [0.25, 0.3) is 0 Å². The Morgan fingerprint density at radius 1 is 1.31 bits per heavy atom. The van der Waals surface area contributed by atoms with Crippen molar-refractivity contribution in [2.24, 2.45) is 0 Å². The van der Waals surface area contributed by atoms with Crippen molar-refractivity contribution in [3.63, 3.8) is 0 Å². The van der Waals surface area contributed by atoms with Gasteiger partial charge in [0.05, 0.1) is 12.5 Å². The van der Waals surface area contributed by atoms with Gasteiger partial charge in [0.2, 0.25) is 0 Å². The molecule has 0 aromatic carbocycles. The van der Waals surface area contributed by atoms with Crippen molar-refractivity contribution in [2.45, 2.75) is 57.1 Å². The van der Waals surface area contributed by atoms with E-state index in [2.05, 4.69) is 4.90 Å². The lowest BCUT2D eigenvalue weighted by Gasteiger charge is -2.28. The highest BCUT2D eigenvalue weighted by atomic mass is 16.4. The Morgan fingerprint density at radius 2 is 1.88 bits per heavy atom. The number of aliphatic carboxylic acids is 1. The van der Waals surface area contributed by atoms with Crippen LogP contribution in [0.1, 0.15) is 44.9 Å².